The molecular weight excluding hydrogens is 320 g/mol. The van der Waals surface area contributed by atoms with Crippen LogP contribution in [0.4, 0.5) is 0 Å². The van der Waals surface area contributed by atoms with Crippen LogP contribution in [0.2, 0.25) is 0 Å². The Morgan fingerprint density at radius 1 is 1.08 bits per heavy atom. The van der Waals surface area contributed by atoms with Crippen molar-refractivity contribution >= 4 is 17.3 Å². The van der Waals surface area contributed by atoms with Crippen molar-refractivity contribution in [3.63, 3.8) is 0 Å². The molecule has 0 fully saturated rings. The lowest BCUT2D eigenvalue weighted by Crippen LogP contribution is -3.06. The first-order valence-electron chi connectivity index (χ1n) is 7.73. The van der Waals surface area contributed by atoms with Gasteiger partial charge in [0.1, 0.15) is 18.1 Å². The first-order valence-corrected chi connectivity index (χ1v) is 8.61. The summed E-state index contributed by atoms with van der Waals surface area (Å²) in [5, 5.41) is 13.1. The highest BCUT2D eigenvalue weighted by molar-refractivity contribution is 7.13. The summed E-state index contributed by atoms with van der Waals surface area (Å²) in [6.45, 7) is 1.85. The quantitative estimate of drug-likeness (QED) is 0.739. The van der Waals surface area contributed by atoms with Crippen molar-refractivity contribution < 1.29 is 14.8 Å². The molecule has 4 nitrogen and oxygen atoms in total. The number of hydrogen-bond donors (Lipinski definition) is 1. The number of rotatable bonds is 6. The Hall–Kier alpha value is -2.50. The zero-order valence-electron chi connectivity index (χ0n) is 13.4. The molecule has 1 N–H and O–H groups in total. The highest BCUT2D eigenvalue weighted by Gasteiger charge is 2.09. The number of carbonyl (C=O) groups excluding carboxylic acids is 1. The van der Waals surface area contributed by atoms with E-state index in [-0.39, 0.29) is 5.69 Å². The number of thiazole rings is 1. The van der Waals surface area contributed by atoms with Gasteiger partial charge in [-0.2, -0.15) is 0 Å². The SMILES string of the molecule is C[NH+](Cc1ccccc1)Cc1cccc(-c2nc(C(=O)[O-])cs2)c1. The van der Waals surface area contributed by atoms with Gasteiger partial charge in [0.15, 0.2) is 0 Å². The number of nitrogens with zero attached hydrogens (tertiary/aromatic N) is 1. The van der Waals surface area contributed by atoms with Crippen LogP contribution in [0.15, 0.2) is 60.0 Å². The number of nitrogens with one attached hydrogen (secondary N) is 1. The van der Waals surface area contributed by atoms with Gasteiger partial charge in [-0.25, -0.2) is 4.98 Å². The van der Waals surface area contributed by atoms with Crippen LogP contribution in [-0.4, -0.2) is 18.0 Å². The predicted octanol–water partition coefficient (Wildman–Crippen LogP) is 1.39. The number of aromatic nitrogens is 1. The maximum atomic E-state index is 10.9. The van der Waals surface area contributed by atoms with E-state index in [2.05, 4.69) is 48.4 Å². The molecule has 0 aliphatic heterocycles. The summed E-state index contributed by atoms with van der Waals surface area (Å²) in [5.41, 5.74) is 3.44. The van der Waals surface area contributed by atoms with Gasteiger partial charge in [-0.1, -0.05) is 48.5 Å². The number of quaternary nitrogens is 1. The molecular formula is C19H18N2O2S. The lowest BCUT2D eigenvalue weighted by molar-refractivity contribution is -0.907. The van der Waals surface area contributed by atoms with E-state index in [1.807, 2.05) is 18.2 Å². The second kappa shape index (κ2) is 7.38. The van der Waals surface area contributed by atoms with E-state index in [1.54, 1.807) is 0 Å². The van der Waals surface area contributed by atoms with Gasteiger partial charge < -0.3 is 14.8 Å². The monoisotopic (exact) mass is 338 g/mol. The Balaban J connectivity index is 1.71. The number of hydrogen-bond acceptors (Lipinski definition) is 4. The molecule has 1 atom stereocenters. The first kappa shape index (κ1) is 16.4. The predicted molar refractivity (Wildman–Crippen MR) is 92.6 cm³/mol. The molecule has 1 aromatic heterocycles. The molecule has 0 spiro atoms. The molecule has 0 saturated carbocycles. The fourth-order valence-electron chi connectivity index (χ4n) is 2.67. The van der Waals surface area contributed by atoms with E-state index in [1.165, 1.54) is 32.7 Å². The summed E-state index contributed by atoms with van der Waals surface area (Å²) < 4.78 is 0. The third kappa shape index (κ3) is 4.07. The molecule has 5 heteroatoms. The van der Waals surface area contributed by atoms with Gasteiger partial charge in [0.05, 0.1) is 18.7 Å². The van der Waals surface area contributed by atoms with Gasteiger partial charge >= 0.3 is 0 Å². The van der Waals surface area contributed by atoms with Crippen molar-refractivity contribution in [2.24, 2.45) is 0 Å². The van der Waals surface area contributed by atoms with Crippen molar-refractivity contribution in [2.75, 3.05) is 7.05 Å². The zero-order chi connectivity index (χ0) is 16.9. The fraction of sp³-hybridized carbons (Fsp3) is 0.158. The van der Waals surface area contributed by atoms with Crippen LogP contribution < -0.4 is 10.0 Å². The normalized spacial score (nSPS) is 12.0. The first-order chi connectivity index (χ1) is 11.6. The van der Waals surface area contributed by atoms with Crippen molar-refractivity contribution in [3.8, 4) is 10.6 Å². The van der Waals surface area contributed by atoms with Gasteiger partial charge in [0.25, 0.3) is 0 Å². The van der Waals surface area contributed by atoms with Gasteiger partial charge in [-0.3, -0.25) is 0 Å². The minimum absolute atomic E-state index is 0.00720. The van der Waals surface area contributed by atoms with Crippen LogP contribution in [-0.2, 0) is 13.1 Å². The second-order valence-electron chi connectivity index (χ2n) is 5.82. The highest BCUT2D eigenvalue weighted by Crippen LogP contribution is 2.24. The van der Waals surface area contributed by atoms with E-state index in [9.17, 15) is 9.90 Å². The third-order valence-electron chi connectivity index (χ3n) is 3.74. The van der Waals surface area contributed by atoms with Gasteiger partial charge in [0, 0.05) is 22.1 Å². The van der Waals surface area contributed by atoms with Crippen LogP contribution in [0.5, 0.6) is 0 Å². The lowest BCUT2D eigenvalue weighted by Gasteiger charge is -2.14. The minimum Gasteiger partial charge on any atom is -0.543 e. The largest absolute Gasteiger partial charge is 0.543 e. The number of aromatic carboxylic acids is 1. The lowest BCUT2D eigenvalue weighted by atomic mass is 10.1. The molecule has 2 aromatic carbocycles. The van der Waals surface area contributed by atoms with Crippen LogP contribution in [0, 0.1) is 0 Å². The maximum Gasteiger partial charge on any atom is 0.124 e. The third-order valence-corrected chi connectivity index (χ3v) is 4.63. The molecule has 0 radical (unpaired) electrons. The molecule has 0 aliphatic carbocycles. The van der Waals surface area contributed by atoms with Crippen molar-refractivity contribution in [3.05, 3.63) is 76.8 Å². The topological polar surface area (TPSA) is 57.5 Å². The average Bonchev–Trinajstić information content (AvgIpc) is 3.06. The van der Waals surface area contributed by atoms with Crippen molar-refractivity contribution in [1.82, 2.24) is 4.98 Å². The molecule has 24 heavy (non-hydrogen) atoms. The fourth-order valence-corrected chi connectivity index (χ4v) is 3.46. The Bertz CT molecular complexity index is 830. The minimum atomic E-state index is -1.24. The van der Waals surface area contributed by atoms with Crippen LogP contribution in [0.25, 0.3) is 10.6 Å². The molecule has 3 rings (SSSR count). The van der Waals surface area contributed by atoms with E-state index in [0.29, 0.717) is 5.01 Å². The molecule has 0 amide bonds. The summed E-state index contributed by atoms with van der Waals surface area (Å²) >= 11 is 1.32. The van der Waals surface area contributed by atoms with E-state index < -0.39 is 5.97 Å². The van der Waals surface area contributed by atoms with Gasteiger partial charge in [0.2, 0.25) is 0 Å². The number of benzene rings is 2. The summed E-state index contributed by atoms with van der Waals surface area (Å²) in [5.74, 6) is -1.24. The maximum absolute atomic E-state index is 10.9. The Labute approximate surface area is 145 Å². The molecule has 0 aliphatic rings. The molecule has 122 valence electrons. The summed E-state index contributed by atoms with van der Waals surface area (Å²) in [4.78, 5) is 16.4. The second-order valence-corrected chi connectivity index (χ2v) is 6.68. The average molecular weight is 338 g/mol. The Morgan fingerprint density at radius 2 is 1.79 bits per heavy atom. The number of carboxylic acid groups (broad SMARTS) is 1. The smallest absolute Gasteiger partial charge is 0.124 e. The number of carboxylic acids is 1. The molecule has 1 heterocycles. The summed E-state index contributed by atoms with van der Waals surface area (Å²) in [6, 6.07) is 18.5. The summed E-state index contributed by atoms with van der Waals surface area (Å²) in [6.07, 6.45) is 0. The molecule has 0 saturated heterocycles. The highest BCUT2D eigenvalue weighted by atomic mass is 32.1. The van der Waals surface area contributed by atoms with E-state index in [4.69, 9.17) is 0 Å². The van der Waals surface area contributed by atoms with Crippen LogP contribution in [0.1, 0.15) is 21.6 Å². The Morgan fingerprint density at radius 3 is 2.50 bits per heavy atom. The standard InChI is InChI=1S/C19H18N2O2S/c1-21(11-14-6-3-2-4-7-14)12-15-8-5-9-16(10-15)18-20-17(13-24-18)19(22)23/h2-10,13H,11-12H2,1H3,(H,22,23). The van der Waals surface area contributed by atoms with Gasteiger partial charge in [-0.05, 0) is 6.07 Å². The van der Waals surface area contributed by atoms with Crippen LogP contribution in [0.3, 0.4) is 0 Å². The van der Waals surface area contributed by atoms with Crippen molar-refractivity contribution in [2.45, 2.75) is 13.1 Å². The zero-order valence-corrected chi connectivity index (χ0v) is 14.2. The molecule has 0 bridgehead atoms. The molecule has 3 aromatic rings. The van der Waals surface area contributed by atoms with Crippen LogP contribution >= 0.6 is 11.3 Å². The molecule has 1 unspecified atom stereocenters. The number of carbonyl (C=O) groups is 1. The van der Waals surface area contributed by atoms with E-state index in [0.717, 1.165) is 18.7 Å². The Kier molecular flexibility index (Phi) is 5.03. The van der Waals surface area contributed by atoms with Crippen molar-refractivity contribution in [1.29, 1.82) is 0 Å². The van der Waals surface area contributed by atoms with E-state index >= 15 is 0 Å². The summed E-state index contributed by atoms with van der Waals surface area (Å²) in [7, 11) is 2.16. The van der Waals surface area contributed by atoms with Gasteiger partial charge in [-0.15, -0.1) is 11.3 Å².